The molecule has 2 rings (SSSR count). The molecular weight excluding hydrogens is 322 g/mol. The van der Waals surface area contributed by atoms with Crippen molar-refractivity contribution in [2.75, 3.05) is 6.54 Å². The number of hydrogen-bond donors (Lipinski definition) is 5. The summed E-state index contributed by atoms with van der Waals surface area (Å²) in [5.41, 5.74) is 5.12. The van der Waals surface area contributed by atoms with Crippen LogP contribution in [0.2, 0.25) is 0 Å². The van der Waals surface area contributed by atoms with Crippen LogP contribution in [-0.4, -0.2) is 52.7 Å². The number of amides is 3. The van der Waals surface area contributed by atoms with Crippen molar-refractivity contribution in [2.45, 2.75) is 24.7 Å². The summed E-state index contributed by atoms with van der Waals surface area (Å²) in [5, 5.41) is 26.5. The largest absolute Gasteiger partial charge is 0.390 e. The number of rotatable bonds is 5. The first-order valence-corrected chi connectivity index (χ1v) is 7.74. The molecule has 0 spiro atoms. The lowest BCUT2D eigenvalue weighted by Gasteiger charge is -2.30. The molecule has 0 bridgehead atoms. The van der Waals surface area contributed by atoms with Crippen molar-refractivity contribution in [1.82, 2.24) is 10.6 Å². The van der Waals surface area contributed by atoms with Gasteiger partial charge in [0.15, 0.2) is 0 Å². The lowest BCUT2D eigenvalue weighted by Crippen LogP contribution is -2.51. The van der Waals surface area contributed by atoms with Crippen LogP contribution in [0.15, 0.2) is 29.2 Å². The number of aliphatic hydroxyl groups excluding tert-OH is 2. The van der Waals surface area contributed by atoms with Crippen LogP contribution in [0, 0.1) is 0 Å². The predicted molar refractivity (Wildman–Crippen MR) is 82.5 cm³/mol. The molecule has 0 fully saturated rings. The van der Waals surface area contributed by atoms with Gasteiger partial charge < -0.3 is 26.6 Å². The summed E-state index contributed by atoms with van der Waals surface area (Å²) in [5.74, 6) is -1.69. The third kappa shape index (κ3) is 4.38. The number of hydrogen-bond acceptors (Lipinski definition) is 6. The van der Waals surface area contributed by atoms with Gasteiger partial charge in [0.05, 0.1) is 23.6 Å². The molecule has 1 aromatic rings. The summed E-state index contributed by atoms with van der Waals surface area (Å²) >= 11 is 1.23. The molecule has 0 unspecified atom stereocenters. The highest BCUT2D eigenvalue weighted by atomic mass is 32.1. The first-order valence-electron chi connectivity index (χ1n) is 6.86. The molecule has 8 nitrogen and oxygen atoms in total. The van der Waals surface area contributed by atoms with Gasteiger partial charge in [-0.05, 0) is 11.4 Å². The maximum atomic E-state index is 12.0. The van der Waals surface area contributed by atoms with E-state index in [1.165, 1.54) is 17.4 Å². The van der Waals surface area contributed by atoms with Crippen molar-refractivity contribution in [1.29, 1.82) is 0 Å². The second-order valence-electron chi connectivity index (χ2n) is 5.08. The van der Waals surface area contributed by atoms with Crippen molar-refractivity contribution < 1.29 is 24.6 Å². The van der Waals surface area contributed by atoms with Gasteiger partial charge in [0, 0.05) is 12.0 Å². The van der Waals surface area contributed by atoms with Gasteiger partial charge in [0.25, 0.3) is 5.91 Å². The standard InChI is InChI=1S/C14H17N3O5S/c15-11(19)6-16-13(21)7-4-8(12(20)9(18)5-7)17-14(22)10-2-1-3-23-10/h1-4,8-9,12,18,20H,5-6H2,(H2,15,19)(H,16,21)(H,17,22)/t8-,9+,12+/m0/s1. The van der Waals surface area contributed by atoms with Gasteiger partial charge >= 0.3 is 0 Å². The zero-order valence-electron chi connectivity index (χ0n) is 12.1. The number of thiophene rings is 1. The molecule has 3 amide bonds. The molecule has 1 aliphatic carbocycles. The van der Waals surface area contributed by atoms with Crippen molar-refractivity contribution in [3.8, 4) is 0 Å². The number of carbonyl (C=O) groups excluding carboxylic acids is 3. The molecule has 0 aliphatic heterocycles. The Morgan fingerprint density at radius 2 is 2.04 bits per heavy atom. The number of nitrogens with one attached hydrogen (secondary N) is 2. The number of carbonyl (C=O) groups is 3. The Hall–Kier alpha value is -2.23. The van der Waals surface area contributed by atoms with E-state index in [9.17, 15) is 24.6 Å². The zero-order valence-corrected chi connectivity index (χ0v) is 12.9. The summed E-state index contributed by atoms with van der Waals surface area (Å²) in [6, 6.07) is 2.42. The Morgan fingerprint density at radius 3 is 2.65 bits per heavy atom. The first kappa shape index (κ1) is 17.1. The Bertz CT molecular complexity index is 628. The third-order valence-electron chi connectivity index (χ3n) is 3.33. The van der Waals surface area contributed by atoms with E-state index in [0.29, 0.717) is 4.88 Å². The molecule has 0 saturated heterocycles. The fourth-order valence-corrected chi connectivity index (χ4v) is 2.80. The molecular formula is C14H17N3O5S. The third-order valence-corrected chi connectivity index (χ3v) is 4.20. The second kappa shape index (κ2) is 7.36. The van der Waals surface area contributed by atoms with Crippen LogP contribution in [0.3, 0.4) is 0 Å². The number of nitrogens with two attached hydrogens (primary N) is 1. The van der Waals surface area contributed by atoms with Crippen molar-refractivity contribution >= 4 is 29.1 Å². The van der Waals surface area contributed by atoms with E-state index in [1.807, 2.05) is 0 Å². The van der Waals surface area contributed by atoms with Crippen molar-refractivity contribution in [3.05, 3.63) is 34.0 Å². The minimum Gasteiger partial charge on any atom is -0.390 e. The van der Waals surface area contributed by atoms with Gasteiger partial charge in [0.1, 0.15) is 6.10 Å². The SMILES string of the molecule is NC(=O)CNC(=O)C1=C[C@H](NC(=O)c2cccs2)[C@@H](O)[C@H](O)C1. The molecule has 124 valence electrons. The first-order chi connectivity index (χ1) is 10.9. The van der Waals surface area contributed by atoms with E-state index in [0.717, 1.165) is 0 Å². The van der Waals surface area contributed by atoms with Gasteiger partial charge in [0.2, 0.25) is 11.8 Å². The molecule has 3 atom stereocenters. The highest BCUT2D eigenvalue weighted by Crippen LogP contribution is 2.20. The molecule has 1 aliphatic rings. The fourth-order valence-electron chi connectivity index (χ4n) is 2.18. The summed E-state index contributed by atoms with van der Waals surface area (Å²) in [4.78, 5) is 35.1. The summed E-state index contributed by atoms with van der Waals surface area (Å²) < 4.78 is 0. The second-order valence-corrected chi connectivity index (χ2v) is 6.03. The average Bonchev–Trinajstić information content (AvgIpc) is 3.03. The van der Waals surface area contributed by atoms with Crippen molar-refractivity contribution in [2.24, 2.45) is 5.73 Å². The zero-order chi connectivity index (χ0) is 17.0. The Morgan fingerprint density at radius 1 is 1.30 bits per heavy atom. The Labute approximate surface area is 136 Å². The number of primary amides is 1. The molecule has 6 N–H and O–H groups in total. The molecule has 1 heterocycles. The maximum absolute atomic E-state index is 12.0. The van der Waals surface area contributed by atoms with E-state index in [-0.39, 0.29) is 18.5 Å². The van der Waals surface area contributed by atoms with E-state index >= 15 is 0 Å². The molecule has 9 heteroatoms. The highest BCUT2D eigenvalue weighted by Gasteiger charge is 2.33. The lowest BCUT2D eigenvalue weighted by molar-refractivity contribution is -0.123. The van der Waals surface area contributed by atoms with E-state index in [4.69, 9.17) is 5.73 Å². The van der Waals surface area contributed by atoms with E-state index < -0.39 is 36.0 Å². The van der Waals surface area contributed by atoms with Crippen LogP contribution in [0.1, 0.15) is 16.1 Å². The van der Waals surface area contributed by atoms with Gasteiger partial charge in [-0.3, -0.25) is 14.4 Å². The minimum atomic E-state index is -1.23. The average molecular weight is 339 g/mol. The van der Waals surface area contributed by atoms with Crippen LogP contribution in [0.4, 0.5) is 0 Å². The van der Waals surface area contributed by atoms with Crippen LogP contribution < -0.4 is 16.4 Å². The molecule has 0 aromatic carbocycles. The molecule has 23 heavy (non-hydrogen) atoms. The predicted octanol–water partition coefficient (Wildman–Crippen LogP) is -1.50. The smallest absolute Gasteiger partial charge is 0.261 e. The van der Waals surface area contributed by atoms with Crippen LogP contribution in [0.25, 0.3) is 0 Å². The summed E-state index contributed by atoms with van der Waals surface area (Å²) in [6.45, 7) is -0.332. The molecule has 1 aromatic heterocycles. The lowest BCUT2D eigenvalue weighted by atomic mass is 9.90. The normalized spacial score (nSPS) is 23.7. The van der Waals surface area contributed by atoms with E-state index in [1.54, 1.807) is 17.5 Å². The Balaban J connectivity index is 2.09. The minimum absolute atomic E-state index is 0.0862. The van der Waals surface area contributed by atoms with Gasteiger partial charge in [-0.1, -0.05) is 12.1 Å². The van der Waals surface area contributed by atoms with Crippen molar-refractivity contribution in [3.63, 3.8) is 0 Å². The summed E-state index contributed by atoms with van der Waals surface area (Å²) in [7, 11) is 0. The van der Waals surface area contributed by atoms with Crippen LogP contribution >= 0.6 is 11.3 Å². The fraction of sp³-hybridized carbons (Fsp3) is 0.357. The quantitative estimate of drug-likeness (QED) is 0.444. The maximum Gasteiger partial charge on any atom is 0.261 e. The molecule has 0 radical (unpaired) electrons. The van der Waals surface area contributed by atoms with E-state index in [2.05, 4.69) is 10.6 Å². The monoisotopic (exact) mass is 339 g/mol. The molecule has 0 saturated carbocycles. The van der Waals surface area contributed by atoms with Gasteiger partial charge in [-0.25, -0.2) is 0 Å². The topological polar surface area (TPSA) is 142 Å². The Kier molecular flexibility index (Phi) is 5.48. The highest BCUT2D eigenvalue weighted by molar-refractivity contribution is 7.12. The van der Waals surface area contributed by atoms with Gasteiger partial charge in [-0.15, -0.1) is 11.3 Å². The number of aliphatic hydroxyl groups is 2. The van der Waals surface area contributed by atoms with Crippen LogP contribution in [0.5, 0.6) is 0 Å². The van der Waals surface area contributed by atoms with Gasteiger partial charge in [-0.2, -0.15) is 0 Å². The van der Waals surface area contributed by atoms with Crippen LogP contribution in [-0.2, 0) is 9.59 Å². The summed E-state index contributed by atoms with van der Waals surface area (Å²) in [6.07, 6.45) is -1.15.